The lowest BCUT2D eigenvalue weighted by Crippen LogP contribution is -2.31. The molecule has 6 nitrogen and oxygen atoms in total. The summed E-state index contributed by atoms with van der Waals surface area (Å²) in [6.07, 6.45) is -2.47. The van der Waals surface area contributed by atoms with E-state index in [4.69, 9.17) is 0 Å². The van der Waals surface area contributed by atoms with Crippen LogP contribution < -0.4 is 10.6 Å². The van der Waals surface area contributed by atoms with Crippen molar-refractivity contribution in [3.63, 3.8) is 0 Å². The van der Waals surface area contributed by atoms with Gasteiger partial charge in [-0.3, -0.25) is 0 Å². The van der Waals surface area contributed by atoms with Crippen LogP contribution in [0, 0.1) is 5.92 Å². The molecule has 0 aliphatic carbocycles. The van der Waals surface area contributed by atoms with Crippen molar-refractivity contribution < 1.29 is 13.2 Å². The fraction of sp³-hybridized carbons (Fsp3) is 0.583. The number of nitrogens with zero attached hydrogens (tertiary/aromatic N) is 4. The number of hydrogen-bond acceptors (Lipinski definition) is 5. The first-order valence-corrected chi connectivity index (χ1v) is 6.78. The molecule has 1 fully saturated rings. The van der Waals surface area contributed by atoms with Gasteiger partial charge < -0.3 is 10.6 Å². The number of fused-ring (bicyclic) bond motifs is 1. The van der Waals surface area contributed by atoms with Crippen molar-refractivity contribution in [2.75, 3.05) is 25.0 Å². The minimum atomic E-state index is -4.57. The van der Waals surface area contributed by atoms with Crippen LogP contribution in [0.4, 0.5) is 19.0 Å². The lowest BCUT2D eigenvalue weighted by molar-refractivity contribution is -0.146. The number of anilines is 1. The van der Waals surface area contributed by atoms with Gasteiger partial charge in [0.1, 0.15) is 5.82 Å². The largest absolute Gasteiger partial charge is 0.453 e. The van der Waals surface area contributed by atoms with Crippen LogP contribution in [0.2, 0.25) is 0 Å². The molecule has 1 saturated heterocycles. The van der Waals surface area contributed by atoms with E-state index in [9.17, 15) is 13.2 Å². The summed E-state index contributed by atoms with van der Waals surface area (Å²) in [5, 5.41) is 16.9. The van der Waals surface area contributed by atoms with Crippen LogP contribution in [0.15, 0.2) is 12.1 Å². The van der Waals surface area contributed by atoms with Crippen LogP contribution in [-0.4, -0.2) is 39.4 Å². The number of piperidine rings is 1. The second-order valence-electron chi connectivity index (χ2n) is 5.08. The van der Waals surface area contributed by atoms with E-state index >= 15 is 0 Å². The average Bonchev–Trinajstić information content (AvgIpc) is 2.89. The maximum absolute atomic E-state index is 12.8. The van der Waals surface area contributed by atoms with Crippen molar-refractivity contribution in [3.05, 3.63) is 18.0 Å². The first kappa shape index (κ1) is 14.1. The minimum absolute atomic E-state index is 0.0785. The van der Waals surface area contributed by atoms with Gasteiger partial charge in [-0.25, -0.2) is 0 Å². The molecule has 114 valence electrons. The van der Waals surface area contributed by atoms with Crippen LogP contribution in [0.3, 0.4) is 0 Å². The zero-order chi connectivity index (χ0) is 14.9. The smallest absolute Gasteiger partial charge is 0.368 e. The first-order chi connectivity index (χ1) is 10.0. The predicted octanol–water partition coefficient (Wildman–Crippen LogP) is 1.55. The van der Waals surface area contributed by atoms with Crippen LogP contribution in [-0.2, 0) is 6.18 Å². The van der Waals surface area contributed by atoms with Gasteiger partial charge in [0.25, 0.3) is 5.82 Å². The Morgan fingerprint density at radius 2 is 2.00 bits per heavy atom. The molecule has 3 rings (SSSR count). The molecule has 0 amide bonds. The molecule has 0 radical (unpaired) electrons. The van der Waals surface area contributed by atoms with Gasteiger partial charge in [-0.05, 0) is 44.0 Å². The maximum Gasteiger partial charge on any atom is 0.453 e. The summed E-state index contributed by atoms with van der Waals surface area (Å²) in [4.78, 5) is 0. The average molecular weight is 300 g/mol. The van der Waals surface area contributed by atoms with Crippen LogP contribution >= 0.6 is 0 Å². The Balaban J connectivity index is 1.76. The van der Waals surface area contributed by atoms with E-state index in [0.717, 1.165) is 30.4 Å². The van der Waals surface area contributed by atoms with Gasteiger partial charge in [0.2, 0.25) is 0 Å². The molecule has 0 atom stereocenters. The number of nitrogens with one attached hydrogen (secondary N) is 2. The third-order valence-corrected chi connectivity index (χ3v) is 3.55. The zero-order valence-corrected chi connectivity index (χ0v) is 11.2. The summed E-state index contributed by atoms with van der Waals surface area (Å²) in [7, 11) is 0. The summed E-state index contributed by atoms with van der Waals surface area (Å²) in [5.41, 5.74) is 0.0785. The zero-order valence-electron chi connectivity index (χ0n) is 11.2. The number of aromatic nitrogens is 4. The SMILES string of the molecule is FC(F)(F)c1nnc2ccc(NCC3CCNCC3)nn12. The number of alkyl halides is 3. The van der Waals surface area contributed by atoms with E-state index in [1.165, 1.54) is 6.07 Å². The molecule has 1 aliphatic rings. The highest BCUT2D eigenvalue weighted by atomic mass is 19.4. The molecular formula is C12H15F3N6. The van der Waals surface area contributed by atoms with Crippen LogP contribution in [0.25, 0.3) is 5.65 Å². The molecule has 2 aromatic rings. The van der Waals surface area contributed by atoms with E-state index < -0.39 is 12.0 Å². The molecule has 0 aromatic carbocycles. The molecule has 3 heterocycles. The van der Waals surface area contributed by atoms with Crippen molar-refractivity contribution in [2.45, 2.75) is 19.0 Å². The normalized spacial score (nSPS) is 17.3. The van der Waals surface area contributed by atoms with Crippen LogP contribution in [0.5, 0.6) is 0 Å². The molecule has 0 saturated carbocycles. The highest BCUT2D eigenvalue weighted by molar-refractivity contribution is 5.44. The first-order valence-electron chi connectivity index (χ1n) is 6.78. The summed E-state index contributed by atoms with van der Waals surface area (Å²) >= 11 is 0. The number of rotatable bonds is 3. The number of halogens is 3. The Morgan fingerprint density at radius 3 is 2.71 bits per heavy atom. The summed E-state index contributed by atoms with van der Waals surface area (Å²) in [6.45, 7) is 2.65. The third-order valence-electron chi connectivity index (χ3n) is 3.55. The van der Waals surface area contributed by atoms with Gasteiger partial charge in [-0.2, -0.15) is 17.7 Å². The minimum Gasteiger partial charge on any atom is -0.368 e. The third kappa shape index (κ3) is 3.07. The number of hydrogen-bond donors (Lipinski definition) is 2. The fourth-order valence-corrected chi connectivity index (χ4v) is 2.39. The van der Waals surface area contributed by atoms with E-state index in [0.29, 0.717) is 18.3 Å². The Labute approximate surface area is 118 Å². The Bertz CT molecular complexity index is 617. The summed E-state index contributed by atoms with van der Waals surface area (Å²) < 4.78 is 39.0. The molecule has 1 aliphatic heterocycles. The molecule has 21 heavy (non-hydrogen) atoms. The lowest BCUT2D eigenvalue weighted by Gasteiger charge is -2.22. The fourth-order valence-electron chi connectivity index (χ4n) is 2.39. The quantitative estimate of drug-likeness (QED) is 0.900. The van der Waals surface area contributed by atoms with E-state index in [2.05, 4.69) is 25.9 Å². The molecule has 0 unspecified atom stereocenters. The van der Waals surface area contributed by atoms with Gasteiger partial charge >= 0.3 is 6.18 Å². The molecule has 2 aromatic heterocycles. The molecule has 9 heteroatoms. The highest BCUT2D eigenvalue weighted by Gasteiger charge is 2.37. The van der Waals surface area contributed by atoms with Crippen molar-refractivity contribution >= 4 is 11.5 Å². The Hall–Kier alpha value is -1.90. The van der Waals surface area contributed by atoms with Crippen molar-refractivity contribution in [1.29, 1.82) is 0 Å². The maximum atomic E-state index is 12.8. The predicted molar refractivity (Wildman–Crippen MR) is 69.9 cm³/mol. The van der Waals surface area contributed by atoms with Crippen molar-refractivity contribution in [1.82, 2.24) is 25.1 Å². The summed E-state index contributed by atoms with van der Waals surface area (Å²) in [6, 6.07) is 3.09. The molecule has 2 N–H and O–H groups in total. The van der Waals surface area contributed by atoms with Gasteiger partial charge in [-0.1, -0.05) is 0 Å². The molecule has 0 bridgehead atoms. The van der Waals surface area contributed by atoms with Crippen molar-refractivity contribution in [3.8, 4) is 0 Å². The molecule has 0 spiro atoms. The highest BCUT2D eigenvalue weighted by Crippen LogP contribution is 2.27. The second kappa shape index (κ2) is 5.47. The van der Waals surface area contributed by atoms with Gasteiger partial charge in [-0.15, -0.1) is 15.3 Å². The van der Waals surface area contributed by atoms with Gasteiger partial charge in [0, 0.05) is 6.54 Å². The van der Waals surface area contributed by atoms with E-state index in [1.54, 1.807) is 6.07 Å². The Kier molecular flexibility index (Phi) is 3.66. The monoisotopic (exact) mass is 300 g/mol. The lowest BCUT2D eigenvalue weighted by atomic mass is 9.98. The van der Waals surface area contributed by atoms with E-state index in [1.807, 2.05) is 0 Å². The molecular weight excluding hydrogens is 285 g/mol. The summed E-state index contributed by atoms with van der Waals surface area (Å²) in [5.74, 6) is -0.207. The second-order valence-corrected chi connectivity index (χ2v) is 5.08. The van der Waals surface area contributed by atoms with Crippen molar-refractivity contribution in [2.24, 2.45) is 5.92 Å². The van der Waals surface area contributed by atoms with E-state index in [-0.39, 0.29) is 5.65 Å². The Morgan fingerprint density at radius 1 is 1.24 bits per heavy atom. The topological polar surface area (TPSA) is 67.1 Å². The standard InChI is InChI=1S/C12H15F3N6/c13-12(14,15)11-19-18-10-2-1-9(20-21(10)11)17-7-8-3-5-16-6-4-8/h1-2,8,16H,3-7H2,(H,17,20). The van der Waals surface area contributed by atoms with Gasteiger partial charge in [0.05, 0.1) is 0 Å². The van der Waals surface area contributed by atoms with Crippen LogP contribution in [0.1, 0.15) is 18.7 Å². The van der Waals surface area contributed by atoms with Gasteiger partial charge in [0.15, 0.2) is 5.65 Å².